The standard InChI is InChI=1S/C12H21N5.3ClH/c1-4-15-12(14)16-10-7-5-6-9(8-13)11(10)17(2)3;;;/h5-7H,4,8,13H2,1-3H3,(H3,14,15,16);3*1H. The zero-order valence-electron chi connectivity index (χ0n) is 11.9. The van der Waals surface area contributed by atoms with E-state index >= 15 is 0 Å². The monoisotopic (exact) mass is 343 g/mol. The van der Waals surface area contributed by atoms with Crippen LogP contribution >= 0.6 is 37.2 Å². The van der Waals surface area contributed by atoms with Gasteiger partial charge in [0.05, 0.1) is 11.4 Å². The maximum Gasteiger partial charge on any atom is 0.193 e. The summed E-state index contributed by atoms with van der Waals surface area (Å²) in [6.07, 6.45) is 0. The number of guanidine groups is 1. The first kappa shape index (κ1) is 24.2. The van der Waals surface area contributed by atoms with Gasteiger partial charge < -0.3 is 21.7 Å². The Hall–Kier alpha value is -0.880. The van der Waals surface area contributed by atoms with Crippen LogP contribution < -0.4 is 21.7 Å². The molecule has 0 heterocycles. The summed E-state index contributed by atoms with van der Waals surface area (Å²) in [5.41, 5.74) is 14.5. The highest BCUT2D eigenvalue weighted by atomic mass is 35.5. The van der Waals surface area contributed by atoms with Crippen molar-refractivity contribution in [1.29, 1.82) is 0 Å². The smallest absolute Gasteiger partial charge is 0.193 e. The van der Waals surface area contributed by atoms with E-state index in [0.29, 0.717) is 19.0 Å². The van der Waals surface area contributed by atoms with Crippen molar-refractivity contribution in [3.63, 3.8) is 0 Å². The maximum absolute atomic E-state index is 5.77. The molecule has 5 N–H and O–H groups in total. The second-order valence-corrected chi connectivity index (χ2v) is 3.90. The molecular formula is C12H24Cl3N5. The van der Waals surface area contributed by atoms with E-state index in [-0.39, 0.29) is 37.2 Å². The zero-order chi connectivity index (χ0) is 12.8. The molecule has 118 valence electrons. The third-order valence-corrected chi connectivity index (χ3v) is 2.38. The molecule has 1 aromatic rings. The van der Waals surface area contributed by atoms with Gasteiger partial charge in [-0.3, -0.25) is 4.99 Å². The molecule has 5 nitrogen and oxygen atoms in total. The van der Waals surface area contributed by atoms with Gasteiger partial charge in [-0.05, 0) is 18.6 Å². The van der Waals surface area contributed by atoms with E-state index in [0.717, 1.165) is 16.9 Å². The van der Waals surface area contributed by atoms with Crippen molar-refractivity contribution in [2.45, 2.75) is 13.5 Å². The Morgan fingerprint density at radius 1 is 1.25 bits per heavy atom. The number of nitrogens with two attached hydrogens (primary N) is 2. The number of rotatable bonds is 4. The van der Waals surface area contributed by atoms with Gasteiger partial charge in [-0.1, -0.05) is 12.1 Å². The van der Waals surface area contributed by atoms with Gasteiger partial charge in [0.2, 0.25) is 0 Å². The first-order valence-corrected chi connectivity index (χ1v) is 5.66. The summed E-state index contributed by atoms with van der Waals surface area (Å²) in [6.45, 7) is 3.10. The number of hydrogen-bond acceptors (Lipinski definition) is 3. The maximum atomic E-state index is 5.77. The molecule has 0 unspecified atom stereocenters. The molecule has 0 amide bonds. The van der Waals surface area contributed by atoms with E-state index in [2.05, 4.69) is 10.3 Å². The summed E-state index contributed by atoms with van der Waals surface area (Å²) in [6, 6.07) is 5.93. The van der Waals surface area contributed by atoms with Crippen LogP contribution in [-0.4, -0.2) is 26.6 Å². The van der Waals surface area contributed by atoms with Crippen LogP contribution in [0.3, 0.4) is 0 Å². The molecule has 0 aliphatic heterocycles. The fourth-order valence-corrected chi connectivity index (χ4v) is 1.73. The Bertz CT molecular complexity index is 410. The van der Waals surface area contributed by atoms with Gasteiger partial charge in [0.15, 0.2) is 5.96 Å². The molecular weight excluding hydrogens is 321 g/mol. The highest BCUT2D eigenvalue weighted by Gasteiger charge is 2.09. The first-order valence-electron chi connectivity index (χ1n) is 5.66. The number of nitrogens with one attached hydrogen (secondary N) is 1. The van der Waals surface area contributed by atoms with Crippen molar-refractivity contribution in [3.05, 3.63) is 23.8 Å². The molecule has 0 radical (unpaired) electrons. The van der Waals surface area contributed by atoms with Crippen LogP contribution in [0.15, 0.2) is 23.2 Å². The predicted molar refractivity (Wildman–Crippen MR) is 96.2 cm³/mol. The zero-order valence-corrected chi connectivity index (χ0v) is 14.4. The summed E-state index contributed by atoms with van der Waals surface area (Å²) in [5, 5.41) is 3.10. The Labute approximate surface area is 139 Å². The Morgan fingerprint density at radius 2 is 1.85 bits per heavy atom. The fourth-order valence-electron chi connectivity index (χ4n) is 1.73. The average Bonchev–Trinajstić information content (AvgIpc) is 2.28. The number of aliphatic imine (C=N–C) groups is 1. The van der Waals surface area contributed by atoms with E-state index in [9.17, 15) is 0 Å². The van der Waals surface area contributed by atoms with Gasteiger partial charge >= 0.3 is 0 Å². The molecule has 0 bridgehead atoms. The highest BCUT2D eigenvalue weighted by molar-refractivity contribution is 5.96. The molecule has 0 saturated heterocycles. The second-order valence-electron chi connectivity index (χ2n) is 3.90. The van der Waals surface area contributed by atoms with Crippen molar-refractivity contribution in [3.8, 4) is 0 Å². The van der Waals surface area contributed by atoms with E-state index in [1.165, 1.54) is 0 Å². The second kappa shape index (κ2) is 11.9. The molecule has 0 spiro atoms. The lowest BCUT2D eigenvalue weighted by molar-refractivity contribution is 1.03. The van der Waals surface area contributed by atoms with Gasteiger partial charge in [0.1, 0.15) is 0 Å². The van der Waals surface area contributed by atoms with E-state index in [1.807, 2.05) is 44.1 Å². The molecule has 8 heteroatoms. The van der Waals surface area contributed by atoms with Crippen LogP contribution in [0.25, 0.3) is 0 Å². The van der Waals surface area contributed by atoms with Crippen molar-refractivity contribution in [2.24, 2.45) is 16.5 Å². The largest absolute Gasteiger partial charge is 0.376 e. The number of anilines is 2. The van der Waals surface area contributed by atoms with Crippen LogP contribution in [0, 0.1) is 0 Å². The predicted octanol–water partition coefficient (Wildman–Crippen LogP) is 2.22. The average molecular weight is 345 g/mol. The molecule has 0 aromatic heterocycles. The minimum Gasteiger partial charge on any atom is -0.376 e. The first-order chi connectivity index (χ1) is 8.10. The molecule has 0 aliphatic rings. The van der Waals surface area contributed by atoms with Gasteiger partial charge in [-0.25, -0.2) is 0 Å². The summed E-state index contributed by atoms with van der Waals surface area (Å²) >= 11 is 0. The Balaban J connectivity index is -0.000000963. The summed E-state index contributed by atoms with van der Waals surface area (Å²) < 4.78 is 0. The highest BCUT2D eigenvalue weighted by Crippen LogP contribution is 2.28. The number of benzene rings is 1. The number of para-hydroxylation sites is 1. The third kappa shape index (κ3) is 6.52. The molecule has 20 heavy (non-hydrogen) atoms. The quantitative estimate of drug-likeness (QED) is 0.578. The van der Waals surface area contributed by atoms with Gasteiger partial charge in [-0.15, -0.1) is 37.2 Å². The topological polar surface area (TPSA) is 79.7 Å². The number of hydrogen-bond donors (Lipinski definition) is 3. The van der Waals surface area contributed by atoms with Crippen molar-refractivity contribution in [1.82, 2.24) is 0 Å². The number of nitrogens with zero attached hydrogens (tertiary/aromatic N) is 2. The summed E-state index contributed by atoms with van der Waals surface area (Å²) in [7, 11) is 3.96. The van der Waals surface area contributed by atoms with Crippen LogP contribution in [0.4, 0.5) is 11.4 Å². The van der Waals surface area contributed by atoms with E-state index in [1.54, 1.807) is 0 Å². The lowest BCUT2D eigenvalue weighted by atomic mass is 10.1. The van der Waals surface area contributed by atoms with E-state index in [4.69, 9.17) is 11.5 Å². The third-order valence-electron chi connectivity index (χ3n) is 2.38. The normalized spacial score (nSPS) is 9.70. The van der Waals surface area contributed by atoms with Gasteiger partial charge in [-0.2, -0.15) is 0 Å². The van der Waals surface area contributed by atoms with Crippen molar-refractivity contribution < 1.29 is 0 Å². The molecule has 0 atom stereocenters. The van der Waals surface area contributed by atoms with Crippen LogP contribution in [0.1, 0.15) is 12.5 Å². The SMILES string of the molecule is CCN=C(N)Nc1cccc(CN)c1N(C)C.Cl.Cl.Cl. The summed E-state index contributed by atoms with van der Waals surface area (Å²) in [5.74, 6) is 0.421. The molecule has 0 saturated carbocycles. The lowest BCUT2D eigenvalue weighted by Gasteiger charge is -2.21. The van der Waals surface area contributed by atoms with Gasteiger partial charge in [0, 0.05) is 27.2 Å². The molecule has 0 aliphatic carbocycles. The van der Waals surface area contributed by atoms with Crippen LogP contribution in [-0.2, 0) is 6.54 Å². The molecule has 1 aromatic carbocycles. The Kier molecular flexibility index (Phi) is 14.4. The number of halogens is 3. The van der Waals surface area contributed by atoms with E-state index < -0.39 is 0 Å². The molecule has 0 fully saturated rings. The summed E-state index contributed by atoms with van der Waals surface area (Å²) in [4.78, 5) is 6.13. The Morgan fingerprint density at radius 3 is 2.30 bits per heavy atom. The lowest BCUT2D eigenvalue weighted by Crippen LogP contribution is -2.25. The molecule has 1 rings (SSSR count). The minimum absolute atomic E-state index is 0. The van der Waals surface area contributed by atoms with Crippen molar-refractivity contribution >= 4 is 54.6 Å². The van der Waals surface area contributed by atoms with Crippen LogP contribution in [0.5, 0.6) is 0 Å². The van der Waals surface area contributed by atoms with Crippen molar-refractivity contribution in [2.75, 3.05) is 30.9 Å². The van der Waals surface area contributed by atoms with Gasteiger partial charge in [0.25, 0.3) is 0 Å². The van der Waals surface area contributed by atoms with Crippen LogP contribution in [0.2, 0.25) is 0 Å². The minimum atomic E-state index is 0. The fraction of sp³-hybridized carbons (Fsp3) is 0.417.